The van der Waals surface area contributed by atoms with E-state index in [1.807, 2.05) is 13.8 Å². The van der Waals surface area contributed by atoms with Crippen molar-refractivity contribution in [1.29, 1.82) is 0 Å². The van der Waals surface area contributed by atoms with E-state index >= 15 is 0 Å². The van der Waals surface area contributed by atoms with Crippen molar-refractivity contribution in [2.24, 2.45) is 0 Å². The highest BCUT2D eigenvalue weighted by atomic mass is 16.4. The Bertz CT molecular complexity index is 558. The van der Waals surface area contributed by atoms with Crippen LogP contribution in [0, 0.1) is 0 Å². The average molecular weight is 220 g/mol. The number of aromatic carboxylic acids is 1. The molecule has 16 heavy (non-hydrogen) atoms. The summed E-state index contributed by atoms with van der Waals surface area (Å²) in [5.41, 5.74) is 1.25. The Morgan fingerprint density at radius 3 is 2.69 bits per heavy atom. The van der Waals surface area contributed by atoms with Crippen molar-refractivity contribution in [2.75, 3.05) is 0 Å². The summed E-state index contributed by atoms with van der Waals surface area (Å²) in [6, 6.07) is 3.05. The van der Waals surface area contributed by atoms with E-state index in [4.69, 9.17) is 5.11 Å². The highest BCUT2D eigenvalue weighted by molar-refractivity contribution is 5.95. The van der Waals surface area contributed by atoms with Gasteiger partial charge in [0.25, 0.3) is 0 Å². The molecular weight excluding hydrogens is 208 g/mol. The van der Waals surface area contributed by atoms with Gasteiger partial charge in [-0.15, -0.1) is 0 Å². The summed E-state index contributed by atoms with van der Waals surface area (Å²) >= 11 is 0. The molecule has 0 fully saturated rings. The lowest BCUT2D eigenvalue weighted by atomic mass is 10.1. The molecule has 2 rings (SSSR count). The Kier molecular flexibility index (Phi) is 2.30. The molecule has 2 N–H and O–H groups in total. The molecule has 0 aliphatic heterocycles. The molecule has 0 aromatic carbocycles. The number of nitrogens with zero attached hydrogens (tertiary/aromatic N) is 2. The van der Waals surface area contributed by atoms with Crippen molar-refractivity contribution in [3.05, 3.63) is 29.6 Å². The molecule has 0 radical (unpaired) electrons. The van der Waals surface area contributed by atoms with Gasteiger partial charge in [0, 0.05) is 0 Å². The quantitative estimate of drug-likeness (QED) is 0.810. The summed E-state index contributed by atoms with van der Waals surface area (Å²) < 4.78 is 1.48. The van der Waals surface area contributed by atoms with Crippen LogP contribution in [0.1, 0.15) is 35.8 Å². The van der Waals surface area contributed by atoms with Gasteiger partial charge in [-0.25, -0.2) is 9.31 Å². The van der Waals surface area contributed by atoms with E-state index in [1.54, 1.807) is 6.07 Å². The Balaban J connectivity index is 2.81. The van der Waals surface area contributed by atoms with Gasteiger partial charge in [0.1, 0.15) is 11.3 Å². The van der Waals surface area contributed by atoms with Crippen molar-refractivity contribution in [2.45, 2.75) is 19.8 Å². The van der Waals surface area contributed by atoms with Gasteiger partial charge in [-0.2, -0.15) is 5.10 Å². The largest absolute Gasteiger partial charge is 0.506 e. The second-order valence-electron chi connectivity index (χ2n) is 3.92. The molecule has 0 bridgehead atoms. The Labute approximate surface area is 91.9 Å². The Morgan fingerprint density at radius 2 is 2.12 bits per heavy atom. The molecule has 0 saturated carbocycles. The molecule has 0 amide bonds. The topological polar surface area (TPSA) is 74.8 Å². The third kappa shape index (κ3) is 1.41. The molecule has 2 aromatic heterocycles. The molecule has 0 aliphatic rings. The third-order valence-electron chi connectivity index (χ3n) is 2.47. The van der Waals surface area contributed by atoms with E-state index in [9.17, 15) is 9.90 Å². The molecule has 5 heteroatoms. The summed E-state index contributed by atoms with van der Waals surface area (Å²) in [6.07, 6.45) is 1.29. The third-order valence-corrected chi connectivity index (χ3v) is 2.47. The Morgan fingerprint density at radius 1 is 1.44 bits per heavy atom. The number of hydrogen-bond donors (Lipinski definition) is 2. The van der Waals surface area contributed by atoms with Crippen molar-refractivity contribution in [3.8, 4) is 5.75 Å². The van der Waals surface area contributed by atoms with Crippen LogP contribution in [0.2, 0.25) is 0 Å². The van der Waals surface area contributed by atoms with Gasteiger partial charge in [0.15, 0.2) is 0 Å². The maximum atomic E-state index is 10.9. The number of pyridine rings is 1. The number of rotatable bonds is 2. The zero-order chi connectivity index (χ0) is 11.9. The first-order chi connectivity index (χ1) is 7.52. The van der Waals surface area contributed by atoms with E-state index in [-0.39, 0.29) is 17.2 Å². The summed E-state index contributed by atoms with van der Waals surface area (Å²) in [5, 5.41) is 22.7. The van der Waals surface area contributed by atoms with Crippen molar-refractivity contribution < 1.29 is 15.0 Å². The lowest BCUT2D eigenvalue weighted by Gasteiger charge is -2.10. The summed E-state index contributed by atoms with van der Waals surface area (Å²) in [7, 11) is 0. The molecule has 0 spiro atoms. The summed E-state index contributed by atoms with van der Waals surface area (Å²) in [5.74, 6) is -0.830. The zero-order valence-electron chi connectivity index (χ0n) is 9.01. The van der Waals surface area contributed by atoms with Gasteiger partial charge in [-0.1, -0.05) is 13.8 Å². The Hall–Kier alpha value is -2.04. The SMILES string of the molecule is CC(C)c1c(O)ccc2c(C(=O)O)cnn12. The predicted molar refractivity (Wildman–Crippen MR) is 57.9 cm³/mol. The molecule has 2 aromatic rings. The first-order valence-corrected chi connectivity index (χ1v) is 4.95. The van der Waals surface area contributed by atoms with Crippen molar-refractivity contribution in [3.63, 3.8) is 0 Å². The minimum absolute atomic E-state index is 0.0604. The van der Waals surface area contributed by atoms with Crippen LogP contribution >= 0.6 is 0 Å². The minimum atomic E-state index is -1.02. The lowest BCUT2D eigenvalue weighted by Crippen LogP contribution is -2.02. The van der Waals surface area contributed by atoms with Crippen LogP contribution in [0.5, 0.6) is 5.75 Å². The fourth-order valence-corrected chi connectivity index (χ4v) is 1.77. The number of hydrogen-bond acceptors (Lipinski definition) is 3. The van der Waals surface area contributed by atoms with Gasteiger partial charge < -0.3 is 10.2 Å². The highest BCUT2D eigenvalue weighted by Gasteiger charge is 2.17. The van der Waals surface area contributed by atoms with E-state index in [0.29, 0.717) is 11.2 Å². The second kappa shape index (κ2) is 3.52. The molecule has 2 heterocycles. The lowest BCUT2D eigenvalue weighted by molar-refractivity contribution is 0.0699. The van der Waals surface area contributed by atoms with Gasteiger partial charge in [-0.3, -0.25) is 0 Å². The van der Waals surface area contributed by atoms with E-state index < -0.39 is 5.97 Å². The van der Waals surface area contributed by atoms with Crippen LogP contribution in [0.25, 0.3) is 5.52 Å². The number of fused-ring (bicyclic) bond motifs is 1. The number of carboxylic acid groups (broad SMARTS) is 1. The summed E-state index contributed by atoms with van der Waals surface area (Å²) in [4.78, 5) is 10.9. The summed E-state index contributed by atoms with van der Waals surface area (Å²) in [6.45, 7) is 3.83. The van der Waals surface area contributed by atoms with Crippen LogP contribution in [0.15, 0.2) is 18.3 Å². The number of aromatic hydroxyl groups is 1. The average Bonchev–Trinajstić information content (AvgIpc) is 2.59. The fourth-order valence-electron chi connectivity index (χ4n) is 1.77. The molecule has 0 unspecified atom stereocenters. The van der Waals surface area contributed by atoms with Crippen molar-refractivity contribution in [1.82, 2.24) is 9.61 Å². The molecule has 0 saturated heterocycles. The van der Waals surface area contributed by atoms with Gasteiger partial charge in [-0.05, 0) is 18.1 Å². The number of carbonyl (C=O) groups is 1. The predicted octanol–water partition coefficient (Wildman–Crippen LogP) is 1.86. The normalized spacial score (nSPS) is 11.2. The van der Waals surface area contributed by atoms with E-state index in [1.165, 1.54) is 16.8 Å². The molecule has 5 nitrogen and oxygen atoms in total. The van der Waals surface area contributed by atoms with E-state index in [2.05, 4.69) is 5.10 Å². The second-order valence-corrected chi connectivity index (χ2v) is 3.92. The molecular formula is C11H12N2O3. The standard InChI is InChI=1S/C11H12N2O3/c1-6(2)10-9(14)4-3-8-7(11(15)16)5-12-13(8)10/h3-6,14H,1-2H3,(H,15,16). The smallest absolute Gasteiger partial charge is 0.339 e. The number of aromatic nitrogens is 2. The van der Waals surface area contributed by atoms with Gasteiger partial charge in [0.2, 0.25) is 0 Å². The zero-order valence-corrected chi connectivity index (χ0v) is 9.01. The monoisotopic (exact) mass is 220 g/mol. The maximum absolute atomic E-state index is 10.9. The number of carboxylic acids is 1. The van der Waals surface area contributed by atoms with Crippen LogP contribution in [-0.4, -0.2) is 25.8 Å². The van der Waals surface area contributed by atoms with Crippen molar-refractivity contribution >= 4 is 11.5 Å². The first kappa shape index (κ1) is 10.5. The highest BCUT2D eigenvalue weighted by Crippen LogP contribution is 2.27. The maximum Gasteiger partial charge on any atom is 0.339 e. The van der Waals surface area contributed by atoms with Gasteiger partial charge in [0.05, 0.1) is 17.4 Å². The van der Waals surface area contributed by atoms with Crippen LogP contribution in [0.4, 0.5) is 0 Å². The molecule has 0 atom stereocenters. The molecule has 84 valence electrons. The van der Waals surface area contributed by atoms with E-state index in [0.717, 1.165) is 0 Å². The van der Waals surface area contributed by atoms with Gasteiger partial charge >= 0.3 is 5.97 Å². The molecule has 0 aliphatic carbocycles. The van der Waals surface area contributed by atoms with Crippen LogP contribution < -0.4 is 0 Å². The fraction of sp³-hybridized carbons (Fsp3) is 0.273. The van der Waals surface area contributed by atoms with Crippen LogP contribution in [-0.2, 0) is 0 Å². The first-order valence-electron chi connectivity index (χ1n) is 4.95. The minimum Gasteiger partial charge on any atom is -0.506 e. The van der Waals surface area contributed by atoms with Crippen LogP contribution in [0.3, 0.4) is 0 Å².